The topological polar surface area (TPSA) is 74.2 Å². The summed E-state index contributed by atoms with van der Waals surface area (Å²) >= 11 is 0. The predicted molar refractivity (Wildman–Crippen MR) is 99.4 cm³/mol. The normalized spacial score (nSPS) is 27.5. The van der Waals surface area contributed by atoms with Gasteiger partial charge in [0.15, 0.2) is 0 Å². The molecule has 2 aromatic rings. The molecule has 0 spiro atoms. The van der Waals surface area contributed by atoms with Gasteiger partial charge in [-0.05, 0) is 26.0 Å². The molecule has 7 heteroatoms. The molecule has 6 nitrogen and oxygen atoms in total. The maximum atomic E-state index is 13.5. The fourth-order valence-electron chi connectivity index (χ4n) is 3.34. The van der Waals surface area contributed by atoms with E-state index in [1.165, 1.54) is 0 Å². The van der Waals surface area contributed by atoms with E-state index in [9.17, 15) is 9.00 Å². The number of benzene rings is 2. The van der Waals surface area contributed by atoms with E-state index in [0.717, 1.165) is 11.1 Å². The van der Waals surface area contributed by atoms with Crippen molar-refractivity contribution in [1.82, 2.24) is 0 Å². The van der Waals surface area contributed by atoms with Gasteiger partial charge in [-0.25, -0.2) is 9.00 Å². The summed E-state index contributed by atoms with van der Waals surface area (Å²) in [6.45, 7) is 4.08. The van der Waals surface area contributed by atoms with Crippen LogP contribution in [0.25, 0.3) is 0 Å². The smallest absolute Gasteiger partial charge is 0.370 e. The first-order valence-electron chi connectivity index (χ1n) is 8.70. The van der Waals surface area contributed by atoms with Crippen LogP contribution in [0.1, 0.15) is 18.1 Å². The van der Waals surface area contributed by atoms with Crippen molar-refractivity contribution in [3.8, 4) is 0 Å². The predicted octanol–water partition coefficient (Wildman–Crippen LogP) is 2.77. The second-order valence-electron chi connectivity index (χ2n) is 6.39. The Labute approximate surface area is 159 Å². The number of carbonyl (C=O) groups excluding carboxylic acids is 1. The monoisotopic (exact) mass is 385 g/mol. The highest BCUT2D eigenvalue weighted by atomic mass is 32.2. The number of ether oxygens (including phenoxy) is 2. The van der Waals surface area contributed by atoms with Gasteiger partial charge in [0.25, 0.3) is 0 Å². The summed E-state index contributed by atoms with van der Waals surface area (Å²) in [5.41, 5.74) is 2.30. The summed E-state index contributed by atoms with van der Waals surface area (Å²) in [7, 11) is -1.83. The third kappa shape index (κ3) is 2.78. The zero-order chi connectivity index (χ0) is 19.0. The number of cyclic esters (lactones) is 1. The molecule has 1 fully saturated rings. The van der Waals surface area contributed by atoms with Gasteiger partial charge in [-0.15, -0.1) is 0 Å². The van der Waals surface area contributed by atoms with Crippen LogP contribution in [-0.2, 0) is 29.9 Å². The summed E-state index contributed by atoms with van der Waals surface area (Å²) < 4.78 is 24.5. The van der Waals surface area contributed by atoms with Gasteiger partial charge >= 0.3 is 10.9 Å². The Morgan fingerprint density at radius 2 is 1.85 bits per heavy atom. The zero-order valence-corrected chi connectivity index (χ0v) is 15.8. The van der Waals surface area contributed by atoms with Crippen molar-refractivity contribution in [3.63, 3.8) is 0 Å². The van der Waals surface area contributed by atoms with Crippen molar-refractivity contribution in [1.29, 1.82) is 0 Å². The zero-order valence-electron chi connectivity index (χ0n) is 15.0. The minimum Gasteiger partial charge on any atom is -0.431 e. The SMILES string of the molecule is CCO[C@@H]1OC(=O)[C@]2(S(=O)c3ccc(C)cc3)ON=C(c3ccccc3)[C@H]12. The number of oxime groups is 1. The van der Waals surface area contributed by atoms with Gasteiger partial charge in [-0.2, -0.15) is 0 Å². The number of nitrogens with zero attached hydrogens (tertiary/aromatic N) is 1. The van der Waals surface area contributed by atoms with Gasteiger partial charge in [0.05, 0.1) is 0 Å². The molecule has 4 atom stereocenters. The van der Waals surface area contributed by atoms with Crippen LogP contribution in [0.15, 0.2) is 64.6 Å². The fourth-order valence-corrected chi connectivity index (χ4v) is 4.83. The minimum atomic E-state index is -1.83. The Balaban J connectivity index is 1.79. The molecule has 0 amide bonds. The van der Waals surface area contributed by atoms with Gasteiger partial charge in [-0.1, -0.05) is 53.2 Å². The van der Waals surface area contributed by atoms with Crippen LogP contribution in [-0.4, -0.2) is 33.7 Å². The number of fused-ring (bicyclic) bond motifs is 1. The molecule has 0 saturated carbocycles. The van der Waals surface area contributed by atoms with Crippen molar-refractivity contribution < 1.29 is 23.3 Å². The number of hydrogen-bond donors (Lipinski definition) is 0. The molecule has 0 N–H and O–H groups in total. The first-order valence-corrected chi connectivity index (χ1v) is 9.85. The first kappa shape index (κ1) is 17.9. The van der Waals surface area contributed by atoms with Crippen LogP contribution < -0.4 is 0 Å². The summed E-state index contributed by atoms with van der Waals surface area (Å²) in [5.74, 6) is -1.45. The second-order valence-corrected chi connectivity index (χ2v) is 8.01. The molecule has 4 rings (SSSR count). The average molecular weight is 385 g/mol. The van der Waals surface area contributed by atoms with E-state index >= 15 is 0 Å². The lowest BCUT2D eigenvalue weighted by atomic mass is 9.93. The quantitative estimate of drug-likeness (QED) is 0.740. The van der Waals surface area contributed by atoms with Gasteiger partial charge in [-0.3, -0.25) is 0 Å². The van der Waals surface area contributed by atoms with Crippen LogP contribution in [0, 0.1) is 12.8 Å². The molecular formula is C20H19NO5S. The second kappa shape index (κ2) is 6.90. The molecule has 27 heavy (non-hydrogen) atoms. The number of rotatable bonds is 5. The Hall–Kier alpha value is -2.51. The average Bonchev–Trinajstić information content (AvgIpc) is 3.21. The number of hydrogen-bond acceptors (Lipinski definition) is 6. The molecule has 1 unspecified atom stereocenters. The van der Waals surface area contributed by atoms with Crippen LogP contribution in [0.2, 0.25) is 0 Å². The summed E-state index contributed by atoms with van der Waals surface area (Å²) in [6.07, 6.45) is -0.904. The van der Waals surface area contributed by atoms with Crippen LogP contribution in [0.3, 0.4) is 0 Å². The molecule has 2 aliphatic rings. The lowest BCUT2D eigenvalue weighted by Crippen LogP contribution is -2.47. The van der Waals surface area contributed by atoms with E-state index in [1.807, 2.05) is 49.4 Å². The number of aryl methyl sites for hydroxylation is 1. The van der Waals surface area contributed by atoms with Gasteiger partial charge < -0.3 is 14.3 Å². The Kier molecular flexibility index (Phi) is 4.57. The van der Waals surface area contributed by atoms with Crippen LogP contribution >= 0.6 is 0 Å². The highest BCUT2D eigenvalue weighted by molar-refractivity contribution is 7.87. The molecule has 0 radical (unpaired) electrons. The van der Waals surface area contributed by atoms with Crippen molar-refractivity contribution in [3.05, 3.63) is 65.7 Å². The van der Waals surface area contributed by atoms with E-state index in [0.29, 0.717) is 17.2 Å². The van der Waals surface area contributed by atoms with Crippen molar-refractivity contribution >= 4 is 22.5 Å². The molecule has 140 valence electrons. The van der Waals surface area contributed by atoms with Crippen molar-refractivity contribution in [2.45, 2.75) is 30.0 Å². The first-order chi connectivity index (χ1) is 13.1. The van der Waals surface area contributed by atoms with Gasteiger partial charge in [0, 0.05) is 17.1 Å². The van der Waals surface area contributed by atoms with Gasteiger partial charge in [0.1, 0.15) is 22.4 Å². The van der Waals surface area contributed by atoms with E-state index in [4.69, 9.17) is 14.3 Å². The molecular weight excluding hydrogens is 366 g/mol. The number of carbonyl (C=O) groups is 1. The molecule has 0 aliphatic carbocycles. The van der Waals surface area contributed by atoms with E-state index in [1.54, 1.807) is 19.1 Å². The third-order valence-corrected chi connectivity index (χ3v) is 6.42. The standard InChI is InChI=1S/C20H19NO5S/c1-3-24-18-16-17(14-7-5-4-6-8-14)21-26-20(16,19(22)25-18)27(23)15-11-9-13(2)10-12-15/h4-12,16,18H,3H2,1-2H3/t16-,18-,20+,27?/m1/s1. The lowest BCUT2D eigenvalue weighted by Gasteiger charge is -2.23. The summed E-state index contributed by atoms with van der Waals surface area (Å²) in [5, 5.41) is 4.15. The molecule has 0 aromatic heterocycles. The van der Waals surface area contributed by atoms with Crippen molar-refractivity contribution in [2.75, 3.05) is 6.61 Å². The van der Waals surface area contributed by atoms with Crippen molar-refractivity contribution in [2.24, 2.45) is 11.1 Å². The van der Waals surface area contributed by atoms with E-state index in [-0.39, 0.29) is 0 Å². The lowest BCUT2D eigenvalue weighted by molar-refractivity contribution is -0.167. The highest BCUT2D eigenvalue weighted by Crippen LogP contribution is 2.47. The fraction of sp³-hybridized carbons (Fsp3) is 0.300. The molecule has 0 bridgehead atoms. The van der Waals surface area contributed by atoms with Gasteiger partial charge in [0.2, 0.25) is 6.29 Å². The molecule has 1 saturated heterocycles. The molecule has 2 heterocycles. The van der Waals surface area contributed by atoms with Crippen LogP contribution in [0.5, 0.6) is 0 Å². The Morgan fingerprint density at radius 3 is 2.52 bits per heavy atom. The maximum Gasteiger partial charge on any atom is 0.370 e. The molecule has 2 aliphatic heterocycles. The summed E-state index contributed by atoms with van der Waals surface area (Å²) in [6, 6.07) is 16.5. The maximum absolute atomic E-state index is 13.5. The highest BCUT2D eigenvalue weighted by Gasteiger charge is 2.70. The van der Waals surface area contributed by atoms with E-state index in [2.05, 4.69) is 5.16 Å². The minimum absolute atomic E-state index is 0.337. The van der Waals surface area contributed by atoms with Crippen LogP contribution in [0.4, 0.5) is 0 Å². The Bertz CT molecular complexity index is 912. The summed E-state index contributed by atoms with van der Waals surface area (Å²) in [4.78, 5) is 17.2. The Morgan fingerprint density at radius 1 is 1.15 bits per heavy atom. The largest absolute Gasteiger partial charge is 0.431 e. The van der Waals surface area contributed by atoms with E-state index < -0.39 is 33.9 Å². The third-order valence-electron chi connectivity index (χ3n) is 4.67. The number of esters is 1. The molecule has 2 aromatic carbocycles.